The first-order valence-corrected chi connectivity index (χ1v) is 6.64. The van der Waals surface area contributed by atoms with Crippen LogP contribution in [-0.4, -0.2) is 29.3 Å². The van der Waals surface area contributed by atoms with E-state index in [1.165, 1.54) is 14.0 Å². The maximum atomic E-state index is 11.6. The Morgan fingerprint density at radius 1 is 1.47 bits per heavy atom. The minimum atomic E-state index is -0.567. The summed E-state index contributed by atoms with van der Waals surface area (Å²) in [5.74, 6) is 0.00791. The lowest BCUT2D eigenvalue weighted by Gasteiger charge is -2.14. The monoisotopic (exact) mass is 276 g/mol. The Balaban J connectivity index is 4.96. The van der Waals surface area contributed by atoms with Gasteiger partial charge >= 0.3 is 5.97 Å². The number of ether oxygens (including phenoxy) is 1. The van der Waals surface area contributed by atoms with Gasteiger partial charge in [0.15, 0.2) is 5.12 Å². The Bertz CT molecular complexity index is 324. The van der Waals surface area contributed by atoms with Gasteiger partial charge in [0.25, 0.3) is 0 Å². The number of esters is 1. The highest BCUT2D eigenvalue weighted by atomic mass is 35.5. The van der Waals surface area contributed by atoms with Crippen LogP contribution in [0.3, 0.4) is 0 Å². The van der Waals surface area contributed by atoms with Crippen LogP contribution in [0.2, 0.25) is 0 Å². The standard InChI is InChI=1S/C12H17ClO3S/c1-4-10(7-5-6-8-13)11(12(15)16-3)17-9(2)14/h5-7,11H,4,8H2,1-3H3/b6-5-,10-7+. The summed E-state index contributed by atoms with van der Waals surface area (Å²) in [7, 11) is 1.32. The molecule has 0 aliphatic rings. The highest BCUT2D eigenvalue weighted by Gasteiger charge is 2.24. The van der Waals surface area contributed by atoms with Crippen LogP contribution >= 0.6 is 23.4 Å². The van der Waals surface area contributed by atoms with Crippen LogP contribution in [0.15, 0.2) is 23.8 Å². The molecule has 1 atom stereocenters. The van der Waals surface area contributed by atoms with Gasteiger partial charge in [-0.2, -0.15) is 0 Å². The maximum absolute atomic E-state index is 11.6. The molecule has 0 aromatic rings. The molecule has 0 aliphatic carbocycles. The molecular weight excluding hydrogens is 260 g/mol. The molecule has 0 spiro atoms. The lowest BCUT2D eigenvalue weighted by Crippen LogP contribution is -2.22. The lowest BCUT2D eigenvalue weighted by atomic mass is 10.1. The molecule has 0 heterocycles. The van der Waals surface area contributed by atoms with E-state index in [0.29, 0.717) is 12.3 Å². The predicted octanol–water partition coefficient (Wildman–Crippen LogP) is 2.94. The first-order chi connectivity index (χ1) is 8.06. The van der Waals surface area contributed by atoms with Crippen LogP contribution in [0.25, 0.3) is 0 Å². The molecule has 0 aromatic carbocycles. The largest absolute Gasteiger partial charge is 0.468 e. The summed E-state index contributed by atoms with van der Waals surface area (Å²) in [6, 6.07) is 0. The van der Waals surface area contributed by atoms with Crippen LogP contribution in [-0.2, 0) is 14.3 Å². The van der Waals surface area contributed by atoms with Crippen molar-refractivity contribution < 1.29 is 14.3 Å². The maximum Gasteiger partial charge on any atom is 0.323 e. The van der Waals surface area contributed by atoms with Gasteiger partial charge in [0.1, 0.15) is 5.25 Å². The van der Waals surface area contributed by atoms with Crippen LogP contribution in [0.1, 0.15) is 20.3 Å². The van der Waals surface area contributed by atoms with Crippen molar-refractivity contribution in [3.8, 4) is 0 Å². The summed E-state index contributed by atoms with van der Waals surface area (Å²) in [5.41, 5.74) is 0.846. The summed E-state index contributed by atoms with van der Waals surface area (Å²) in [4.78, 5) is 22.7. The Kier molecular flexibility index (Phi) is 8.90. The van der Waals surface area contributed by atoms with E-state index in [0.717, 1.165) is 17.3 Å². The zero-order chi connectivity index (χ0) is 13.3. The SMILES string of the molecule is CC/C(=C\C=C/CCl)C(SC(C)=O)C(=O)OC. The summed E-state index contributed by atoms with van der Waals surface area (Å²) in [5, 5.41) is -0.677. The number of allylic oxidation sites excluding steroid dienone is 3. The quantitative estimate of drug-likeness (QED) is 0.425. The molecule has 0 saturated heterocycles. The fraction of sp³-hybridized carbons (Fsp3) is 0.500. The Morgan fingerprint density at radius 3 is 2.53 bits per heavy atom. The van der Waals surface area contributed by atoms with E-state index in [1.807, 2.05) is 6.92 Å². The van der Waals surface area contributed by atoms with Crippen molar-refractivity contribution in [1.29, 1.82) is 0 Å². The number of rotatable bonds is 6. The molecule has 0 N–H and O–H groups in total. The second-order valence-electron chi connectivity index (χ2n) is 3.19. The van der Waals surface area contributed by atoms with E-state index >= 15 is 0 Å². The third-order valence-electron chi connectivity index (χ3n) is 1.98. The van der Waals surface area contributed by atoms with Gasteiger partial charge in [-0.25, -0.2) is 0 Å². The Hall–Kier alpha value is -0.740. The summed E-state index contributed by atoms with van der Waals surface area (Å²) >= 11 is 6.49. The van der Waals surface area contributed by atoms with Crippen molar-refractivity contribution in [3.05, 3.63) is 23.8 Å². The number of alkyl halides is 1. The molecule has 5 heteroatoms. The lowest BCUT2D eigenvalue weighted by molar-refractivity contribution is -0.139. The molecule has 0 radical (unpaired) electrons. The highest BCUT2D eigenvalue weighted by molar-refractivity contribution is 8.14. The summed E-state index contributed by atoms with van der Waals surface area (Å²) in [6.07, 6.45) is 6.03. The van der Waals surface area contributed by atoms with E-state index < -0.39 is 11.2 Å². The van der Waals surface area contributed by atoms with Gasteiger partial charge in [-0.15, -0.1) is 11.6 Å². The fourth-order valence-electron chi connectivity index (χ4n) is 1.18. The van der Waals surface area contributed by atoms with Crippen LogP contribution in [0, 0.1) is 0 Å². The zero-order valence-electron chi connectivity index (χ0n) is 10.2. The molecule has 0 aliphatic heterocycles. The molecule has 0 fully saturated rings. The number of methoxy groups -OCH3 is 1. The number of hydrogen-bond acceptors (Lipinski definition) is 4. The van der Waals surface area contributed by atoms with Gasteiger partial charge in [0, 0.05) is 12.8 Å². The van der Waals surface area contributed by atoms with Gasteiger partial charge in [0.2, 0.25) is 0 Å². The third-order valence-corrected chi connectivity index (χ3v) is 3.22. The predicted molar refractivity (Wildman–Crippen MR) is 72.3 cm³/mol. The Morgan fingerprint density at radius 2 is 2.12 bits per heavy atom. The first-order valence-electron chi connectivity index (χ1n) is 5.23. The molecule has 0 bridgehead atoms. The van der Waals surface area contributed by atoms with Gasteiger partial charge in [0.05, 0.1) is 7.11 Å². The molecule has 3 nitrogen and oxygen atoms in total. The normalized spacial score (nSPS) is 13.8. The molecular formula is C12H17ClO3S. The second kappa shape index (κ2) is 9.31. The van der Waals surface area contributed by atoms with E-state index in [-0.39, 0.29) is 5.12 Å². The molecule has 0 aromatic heterocycles. The van der Waals surface area contributed by atoms with Crippen molar-refractivity contribution in [3.63, 3.8) is 0 Å². The zero-order valence-corrected chi connectivity index (χ0v) is 11.8. The number of hydrogen-bond donors (Lipinski definition) is 0. The molecule has 0 saturated carbocycles. The van der Waals surface area contributed by atoms with Crippen molar-refractivity contribution in [2.24, 2.45) is 0 Å². The van der Waals surface area contributed by atoms with E-state index in [4.69, 9.17) is 16.3 Å². The van der Waals surface area contributed by atoms with Gasteiger partial charge < -0.3 is 4.74 Å². The molecule has 1 unspecified atom stereocenters. The minimum absolute atomic E-state index is 0.110. The smallest absolute Gasteiger partial charge is 0.323 e. The van der Waals surface area contributed by atoms with Crippen molar-refractivity contribution >= 4 is 34.4 Å². The molecule has 0 amide bonds. The minimum Gasteiger partial charge on any atom is -0.468 e. The average Bonchev–Trinajstić information content (AvgIpc) is 2.31. The van der Waals surface area contributed by atoms with E-state index in [2.05, 4.69) is 0 Å². The molecule has 17 heavy (non-hydrogen) atoms. The van der Waals surface area contributed by atoms with E-state index in [9.17, 15) is 9.59 Å². The van der Waals surface area contributed by atoms with E-state index in [1.54, 1.807) is 18.2 Å². The van der Waals surface area contributed by atoms with Crippen molar-refractivity contribution in [2.75, 3.05) is 13.0 Å². The Labute approximate surface area is 111 Å². The number of carbonyl (C=O) groups is 2. The van der Waals surface area contributed by atoms with Crippen molar-refractivity contribution in [2.45, 2.75) is 25.5 Å². The fourth-order valence-corrected chi connectivity index (χ4v) is 2.21. The third kappa shape index (κ3) is 6.54. The topological polar surface area (TPSA) is 43.4 Å². The van der Waals surface area contributed by atoms with Crippen molar-refractivity contribution in [1.82, 2.24) is 0 Å². The molecule has 96 valence electrons. The molecule has 0 rings (SSSR count). The van der Waals surface area contributed by atoms with Gasteiger partial charge in [-0.3, -0.25) is 9.59 Å². The van der Waals surface area contributed by atoms with Crippen LogP contribution in [0.4, 0.5) is 0 Å². The van der Waals surface area contributed by atoms with Crippen LogP contribution in [0.5, 0.6) is 0 Å². The van der Waals surface area contributed by atoms with Gasteiger partial charge in [-0.05, 0) is 12.0 Å². The number of thioether (sulfide) groups is 1. The summed E-state index contributed by atoms with van der Waals surface area (Å²) < 4.78 is 4.70. The number of carbonyl (C=O) groups excluding carboxylic acids is 2. The van der Waals surface area contributed by atoms with Gasteiger partial charge in [-0.1, -0.05) is 36.9 Å². The highest BCUT2D eigenvalue weighted by Crippen LogP contribution is 2.24. The summed E-state index contributed by atoms with van der Waals surface area (Å²) in [6.45, 7) is 3.36. The average molecular weight is 277 g/mol. The van der Waals surface area contributed by atoms with Crippen LogP contribution < -0.4 is 0 Å². The second-order valence-corrected chi connectivity index (χ2v) is 4.78. The number of halogens is 1. The first kappa shape index (κ1) is 16.3.